The van der Waals surface area contributed by atoms with Crippen molar-refractivity contribution >= 4 is 0 Å². The molecule has 0 aromatic carbocycles. The number of aliphatic hydroxyl groups excluding tert-OH is 1. The zero-order valence-electron chi connectivity index (χ0n) is 9.72. The van der Waals surface area contributed by atoms with Crippen molar-refractivity contribution in [2.45, 2.75) is 32.4 Å². The van der Waals surface area contributed by atoms with Crippen molar-refractivity contribution in [3.63, 3.8) is 0 Å². The second-order valence-electron chi connectivity index (χ2n) is 4.02. The van der Waals surface area contributed by atoms with Crippen molar-refractivity contribution in [2.75, 3.05) is 20.6 Å². The minimum atomic E-state index is -0.375. The van der Waals surface area contributed by atoms with Crippen molar-refractivity contribution in [2.24, 2.45) is 0 Å². The van der Waals surface area contributed by atoms with Crippen LogP contribution >= 0.6 is 0 Å². The molecule has 5 nitrogen and oxygen atoms in total. The van der Waals surface area contributed by atoms with E-state index in [4.69, 9.17) is 0 Å². The topological polar surface area (TPSA) is 54.2 Å². The van der Waals surface area contributed by atoms with Gasteiger partial charge >= 0.3 is 0 Å². The van der Waals surface area contributed by atoms with Gasteiger partial charge in [0.2, 0.25) is 0 Å². The Hall–Kier alpha value is -0.940. The van der Waals surface area contributed by atoms with Crippen molar-refractivity contribution < 1.29 is 5.11 Å². The SMILES string of the molecule is CCCn1ncnc1CC(O)CN(C)C. The van der Waals surface area contributed by atoms with Gasteiger partial charge in [-0.15, -0.1) is 0 Å². The Morgan fingerprint density at radius 3 is 2.87 bits per heavy atom. The predicted molar refractivity (Wildman–Crippen MR) is 58.6 cm³/mol. The molecule has 1 aromatic rings. The van der Waals surface area contributed by atoms with Crippen molar-refractivity contribution in [3.05, 3.63) is 12.2 Å². The molecule has 0 saturated heterocycles. The number of aromatic nitrogens is 3. The van der Waals surface area contributed by atoms with Crippen LogP contribution in [0.15, 0.2) is 6.33 Å². The largest absolute Gasteiger partial charge is 0.391 e. The summed E-state index contributed by atoms with van der Waals surface area (Å²) in [4.78, 5) is 6.12. The fraction of sp³-hybridized carbons (Fsp3) is 0.800. The number of aryl methyl sites for hydroxylation is 1. The van der Waals surface area contributed by atoms with Crippen LogP contribution in [0.4, 0.5) is 0 Å². The minimum absolute atomic E-state index is 0.375. The number of rotatable bonds is 6. The summed E-state index contributed by atoms with van der Waals surface area (Å²) >= 11 is 0. The molecule has 1 unspecified atom stereocenters. The second kappa shape index (κ2) is 5.82. The fourth-order valence-electron chi connectivity index (χ4n) is 1.54. The molecule has 1 atom stereocenters. The van der Waals surface area contributed by atoms with Crippen LogP contribution < -0.4 is 0 Å². The van der Waals surface area contributed by atoms with Gasteiger partial charge in [0.15, 0.2) is 0 Å². The molecule has 1 aromatic heterocycles. The molecular formula is C10H20N4O. The molecule has 1 heterocycles. The number of aliphatic hydroxyl groups is 1. The molecule has 0 saturated carbocycles. The van der Waals surface area contributed by atoms with Crippen molar-refractivity contribution in [3.8, 4) is 0 Å². The average Bonchev–Trinajstić information content (AvgIpc) is 2.52. The van der Waals surface area contributed by atoms with Crippen molar-refractivity contribution in [1.29, 1.82) is 0 Å². The Morgan fingerprint density at radius 1 is 1.53 bits per heavy atom. The van der Waals surface area contributed by atoms with E-state index >= 15 is 0 Å². The van der Waals surface area contributed by atoms with Crippen LogP contribution in [0.1, 0.15) is 19.2 Å². The molecule has 15 heavy (non-hydrogen) atoms. The molecule has 0 aliphatic carbocycles. The summed E-state index contributed by atoms with van der Waals surface area (Å²) in [6, 6.07) is 0. The maximum Gasteiger partial charge on any atom is 0.138 e. The van der Waals surface area contributed by atoms with Gasteiger partial charge in [0.25, 0.3) is 0 Å². The molecule has 0 fully saturated rings. The molecule has 1 rings (SSSR count). The smallest absolute Gasteiger partial charge is 0.138 e. The first-order valence-corrected chi connectivity index (χ1v) is 5.33. The number of hydrogen-bond donors (Lipinski definition) is 1. The predicted octanol–water partition coefficient (Wildman–Crippen LogP) is 0.153. The van der Waals surface area contributed by atoms with Crippen LogP contribution in [-0.4, -0.2) is 51.5 Å². The Kier molecular flexibility index (Phi) is 4.71. The molecular weight excluding hydrogens is 192 g/mol. The van der Waals surface area contributed by atoms with Gasteiger partial charge in [-0.25, -0.2) is 4.98 Å². The molecule has 0 amide bonds. The second-order valence-corrected chi connectivity index (χ2v) is 4.02. The third-order valence-corrected chi connectivity index (χ3v) is 2.13. The number of nitrogens with zero attached hydrogens (tertiary/aromatic N) is 4. The van der Waals surface area contributed by atoms with Gasteiger partial charge < -0.3 is 10.0 Å². The van der Waals surface area contributed by atoms with Gasteiger partial charge in [0.05, 0.1) is 6.10 Å². The molecule has 0 bridgehead atoms. The average molecular weight is 212 g/mol. The van der Waals surface area contributed by atoms with E-state index in [0.29, 0.717) is 13.0 Å². The lowest BCUT2D eigenvalue weighted by Crippen LogP contribution is -2.28. The van der Waals surface area contributed by atoms with Crippen LogP contribution in [0.2, 0.25) is 0 Å². The van der Waals surface area contributed by atoms with Gasteiger partial charge in [-0.05, 0) is 20.5 Å². The van der Waals surface area contributed by atoms with E-state index in [1.54, 1.807) is 6.33 Å². The highest BCUT2D eigenvalue weighted by Crippen LogP contribution is 2.01. The molecule has 86 valence electrons. The lowest BCUT2D eigenvalue weighted by Gasteiger charge is -2.15. The molecule has 0 spiro atoms. The number of hydrogen-bond acceptors (Lipinski definition) is 4. The highest BCUT2D eigenvalue weighted by Gasteiger charge is 2.11. The Bertz CT molecular complexity index is 285. The fourth-order valence-corrected chi connectivity index (χ4v) is 1.54. The van der Waals surface area contributed by atoms with Gasteiger partial charge in [-0.1, -0.05) is 6.92 Å². The summed E-state index contributed by atoms with van der Waals surface area (Å²) in [5, 5.41) is 13.9. The normalized spacial score (nSPS) is 13.4. The highest BCUT2D eigenvalue weighted by atomic mass is 16.3. The van der Waals surface area contributed by atoms with Crippen LogP contribution in [0, 0.1) is 0 Å². The minimum Gasteiger partial charge on any atom is -0.391 e. The van der Waals surface area contributed by atoms with Crippen LogP contribution in [0.25, 0.3) is 0 Å². The molecule has 1 N–H and O–H groups in total. The zero-order valence-corrected chi connectivity index (χ0v) is 9.72. The van der Waals surface area contributed by atoms with Crippen LogP contribution in [0.5, 0.6) is 0 Å². The zero-order chi connectivity index (χ0) is 11.3. The molecule has 5 heteroatoms. The maximum absolute atomic E-state index is 9.76. The molecule has 0 aliphatic heterocycles. The molecule has 0 aliphatic rings. The third kappa shape index (κ3) is 3.97. The lowest BCUT2D eigenvalue weighted by atomic mass is 10.2. The Labute approximate surface area is 90.7 Å². The van der Waals surface area contributed by atoms with E-state index < -0.39 is 0 Å². The van der Waals surface area contributed by atoms with Crippen LogP contribution in [-0.2, 0) is 13.0 Å². The quantitative estimate of drug-likeness (QED) is 0.729. The first kappa shape index (κ1) is 12.1. The van der Waals surface area contributed by atoms with Gasteiger partial charge in [-0.3, -0.25) is 4.68 Å². The first-order chi connectivity index (χ1) is 7.13. The Morgan fingerprint density at radius 2 is 2.27 bits per heavy atom. The summed E-state index contributed by atoms with van der Waals surface area (Å²) in [6.07, 6.45) is 2.77. The standard InChI is InChI=1S/C10H20N4O/c1-4-5-14-10(11-8-12-14)6-9(15)7-13(2)3/h8-9,15H,4-7H2,1-3H3. The lowest BCUT2D eigenvalue weighted by molar-refractivity contribution is 0.133. The maximum atomic E-state index is 9.76. The summed E-state index contributed by atoms with van der Waals surface area (Å²) in [5.74, 6) is 0.867. The van der Waals surface area contributed by atoms with E-state index in [9.17, 15) is 5.11 Å². The summed E-state index contributed by atoms with van der Waals surface area (Å²) in [7, 11) is 3.89. The van der Waals surface area contributed by atoms with E-state index in [0.717, 1.165) is 18.8 Å². The number of likely N-dealkylation sites (N-methyl/N-ethyl adjacent to an activating group) is 1. The molecule has 0 radical (unpaired) electrons. The van der Waals surface area contributed by atoms with Gasteiger partial charge in [0, 0.05) is 19.5 Å². The monoisotopic (exact) mass is 212 g/mol. The van der Waals surface area contributed by atoms with Gasteiger partial charge in [0.1, 0.15) is 12.2 Å². The van der Waals surface area contributed by atoms with Gasteiger partial charge in [-0.2, -0.15) is 5.10 Å². The highest BCUT2D eigenvalue weighted by molar-refractivity contribution is 4.88. The summed E-state index contributed by atoms with van der Waals surface area (Å²) < 4.78 is 1.86. The van der Waals surface area contributed by atoms with E-state index in [-0.39, 0.29) is 6.10 Å². The Balaban J connectivity index is 2.51. The summed E-state index contributed by atoms with van der Waals surface area (Å²) in [6.45, 7) is 3.62. The van der Waals surface area contributed by atoms with E-state index in [2.05, 4.69) is 17.0 Å². The van der Waals surface area contributed by atoms with E-state index in [1.807, 2.05) is 23.7 Å². The van der Waals surface area contributed by atoms with Crippen LogP contribution in [0.3, 0.4) is 0 Å². The van der Waals surface area contributed by atoms with Crippen molar-refractivity contribution in [1.82, 2.24) is 19.7 Å². The third-order valence-electron chi connectivity index (χ3n) is 2.13. The first-order valence-electron chi connectivity index (χ1n) is 5.33. The van der Waals surface area contributed by atoms with E-state index in [1.165, 1.54) is 0 Å². The summed E-state index contributed by atoms with van der Waals surface area (Å²) in [5.41, 5.74) is 0.